The number of ether oxygens (including phenoxy) is 1. The topological polar surface area (TPSA) is 116 Å². The molecule has 3 aromatic rings. The number of nitrogens with zero attached hydrogens (tertiary/aromatic N) is 3. The Morgan fingerprint density at radius 2 is 2.00 bits per heavy atom. The predicted molar refractivity (Wildman–Crippen MR) is 118 cm³/mol. The zero-order valence-electron chi connectivity index (χ0n) is 16.8. The first-order chi connectivity index (χ1) is 14.3. The smallest absolute Gasteiger partial charge is 0.284 e. The van der Waals surface area contributed by atoms with Crippen molar-refractivity contribution in [3.05, 3.63) is 64.0 Å². The fraction of sp³-hybridized carbons (Fsp3) is 0.238. The molecular weight excluding hydrogens is 402 g/mol. The van der Waals surface area contributed by atoms with Gasteiger partial charge in [-0.3, -0.25) is 10.1 Å². The number of para-hydroxylation sites is 1. The summed E-state index contributed by atoms with van der Waals surface area (Å²) in [5, 5.41) is 11.4. The molecule has 8 nitrogen and oxygen atoms in total. The molecule has 2 aromatic carbocycles. The second kappa shape index (κ2) is 7.49. The minimum Gasteiger partial charge on any atom is -0.495 e. The number of nitrogens with one attached hydrogen (secondary N) is 1. The Kier molecular flexibility index (Phi) is 4.98. The van der Waals surface area contributed by atoms with Gasteiger partial charge in [-0.1, -0.05) is 26.0 Å². The molecule has 1 aromatic heterocycles. The Hall–Kier alpha value is -3.33. The van der Waals surface area contributed by atoms with E-state index in [1.54, 1.807) is 25.3 Å². The third-order valence-electron chi connectivity index (χ3n) is 5.25. The standard InChI is InChI=1S/C21H21N5O3S/c1-21(2)10-13-12(19-17(21)20(22)24-11-23-19)8-9-15(29-3)18(13)25-30-16-7-5-4-6-14(16)26(27)28/h4-9,11,25H,10H2,1-3H3,(H2,22,23,24). The lowest BCUT2D eigenvalue weighted by atomic mass is 9.71. The summed E-state index contributed by atoms with van der Waals surface area (Å²) >= 11 is 1.19. The zero-order chi connectivity index (χ0) is 21.5. The fourth-order valence-electron chi connectivity index (χ4n) is 3.92. The minimum atomic E-state index is -0.388. The van der Waals surface area contributed by atoms with Crippen molar-refractivity contribution in [2.24, 2.45) is 0 Å². The summed E-state index contributed by atoms with van der Waals surface area (Å²) in [4.78, 5) is 20.2. The molecule has 0 saturated carbocycles. The monoisotopic (exact) mass is 423 g/mol. The minimum absolute atomic E-state index is 0.0463. The van der Waals surface area contributed by atoms with E-state index in [0.717, 1.165) is 28.1 Å². The normalized spacial score (nSPS) is 13.8. The fourth-order valence-corrected chi connectivity index (χ4v) is 4.74. The third-order valence-corrected chi connectivity index (χ3v) is 6.12. The van der Waals surface area contributed by atoms with Crippen molar-refractivity contribution in [1.82, 2.24) is 9.97 Å². The van der Waals surface area contributed by atoms with Crippen molar-refractivity contribution in [1.29, 1.82) is 0 Å². The van der Waals surface area contributed by atoms with Gasteiger partial charge in [0.2, 0.25) is 0 Å². The van der Waals surface area contributed by atoms with Gasteiger partial charge in [-0.25, -0.2) is 9.97 Å². The lowest BCUT2D eigenvalue weighted by molar-refractivity contribution is -0.387. The van der Waals surface area contributed by atoms with Crippen LogP contribution < -0.4 is 15.2 Å². The highest BCUT2D eigenvalue weighted by Crippen LogP contribution is 2.49. The number of nitrogen functional groups attached to an aromatic ring is 1. The number of nitro groups is 1. The number of benzene rings is 2. The Morgan fingerprint density at radius 1 is 1.23 bits per heavy atom. The number of fused-ring (bicyclic) bond motifs is 3. The second-order valence-electron chi connectivity index (χ2n) is 7.64. The lowest BCUT2D eigenvalue weighted by Crippen LogP contribution is -2.28. The van der Waals surface area contributed by atoms with Crippen molar-refractivity contribution in [2.75, 3.05) is 17.6 Å². The van der Waals surface area contributed by atoms with Gasteiger partial charge in [-0.2, -0.15) is 0 Å². The average molecular weight is 423 g/mol. The van der Waals surface area contributed by atoms with Crippen LogP contribution in [-0.2, 0) is 11.8 Å². The van der Waals surface area contributed by atoms with Crippen LogP contribution in [0, 0.1) is 10.1 Å². The number of hydrogen-bond donors (Lipinski definition) is 2. The van der Waals surface area contributed by atoms with Crippen molar-refractivity contribution in [3.63, 3.8) is 0 Å². The van der Waals surface area contributed by atoms with Gasteiger partial charge in [-0.15, -0.1) is 0 Å². The molecule has 3 N–H and O–H groups in total. The molecule has 0 amide bonds. The van der Waals surface area contributed by atoms with Crippen molar-refractivity contribution in [2.45, 2.75) is 30.6 Å². The molecule has 30 heavy (non-hydrogen) atoms. The highest BCUT2D eigenvalue weighted by molar-refractivity contribution is 8.00. The highest BCUT2D eigenvalue weighted by atomic mass is 32.2. The van der Waals surface area contributed by atoms with Crippen molar-refractivity contribution in [3.8, 4) is 17.0 Å². The number of aromatic nitrogens is 2. The van der Waals surface area contributed by atoms with Gasteiger partial charge in [-0.05, 0) is 47.5 Å². The van der Waals surface area contributed by atoms with Gasteiger partial charge in [0.05, 0.1) is 23.4 Å². The summed E-state index contributed by atoms with van der Waals surface area (Å²) in [6, 6.07) is 10.5. The van der Waals surface area contributed by atoms with Crippen molar-refractivity contribution < 1.29 is 9.66 Å². The van der Waals surface area contributed by atoms with Crippen LogP contribution in [0.4, 0.5) is 17.2 Å². The predicted octanol–water partition coefficient (Wildman–Crippen LogP) is 4.60. The highest BCUT2D eigenvalue weighted by Gasteiger charge is 2.36. The van der Waals surface area contributed by atoms with Gasteiger partial charge in [0.1, 0.15) is 22.8 Å². The molecule has 154 valence electrons. The Labute approximate surface area is 178 Å². The first kappa shape index (κ1) is 20.0. The first-order valence-electron chi connectivity index (χ1n) is 9.31. The quantitative estimate of drug-likeness (QED) is 0.348. The maximum atomic E-state index is 11.4. The summed E-state index contributed by atoms with van der Waals surface area (Å²) in [5.41, 5.74) is 10.4. The summed E-state index contributed by atoms with van der Waals surface area (Å²) < 4.78 is 8.89. The van der Waals surface area contributed by atoms with E-state index in [2.05, 4.69) is 28.5 Å². The van der Waals surface area contributed by atoms with Gasteiger partial charge >= 0.3 is 0 Å². The number of nitro benzene ring substituents is 1. The van der Waals surface area contributed by atoms with Gasteiger partial charge in [0.15, 0.2) is 0 Å². The molecule has 0 fully saturated rings. The van der Waals surface area contributed by atoms with E-state index in [9.17, 15) is 10.1 Å². The summed E-state index contributed by atoms with van der Waals surface area (Å²) in [7, 11) is 1.60. The molecule has 1 heterocycles. The van der Waals surface area contributed by atoms with E-state index >= 15 is 0 Å². The van der Waals surface area contributed by atoms with Crippen LogP contribution in [0.1, 0.15) is 25.0 Å². The zero-order valence-corrected chi connectivity index (χ0v) is 17.6. The second-order valence-corrected chi connectivity index (χ2v) is 8.49. The van der Waals surface area contributed by atoms with E-state index in [1.807, 2.05) is 12.1 Å². The molecule has 1 aliphatic carbocycles. The number of anilines is 2. The molecular formula is C21H21N5O3S. The Morgan fingerprint density at radius 3 is 2.73 bits per heavy atom. The van der Waals surface area contributed by atoms with Crippen LogP contribution in [0.2, 0.25) is 0 Å². The summed E-state index contributed by atoms with van der Waals surface area (Å²) in [6.45, 7) is 4.21. The van der Waals surface area contributed by atoms with E-state index < -0.39 is 0 Å². The van der Waals surface area contributed by atoms with Gasteiger partial charge < -0.3 is 15.2 Å². The van der Waals surface area contributed by atoms with Crippen LogP contribution in [0.15, 0.2) is 47.6 Å². The SMILES string of the molecule is COc1ccc2c(c1NSc1ccccc1[N+](=O)[O-])CC(C)(C)c1c(N)ncnc1-2. The molecule has 0 atom stereocenters. The molecule has 9 heteroatoms. The van der Waals surface area contributed by atoms with Gasteiger partial charge in [0, 0.05) is 17.2 Å². The molecule has 0 radical (unpaired) electrons. The van der Waals surface area contributed by atoms with E-state index in [1.165, 1.54) is 24.3 Å². The maximum Gasteiger partial charge on any atom is 0.284 e. The molecule has 0 saturated heterocycles. The van der Waals surface area contributed by atoms with Crippen LogP contribution in [-0.4, -0.2) is 22.0 Å². The average Bonchev–Trinajstić information content (AvgIpc) is 2.71. The van der Waals surface area contributed by atoms with E-state index in [-0.39, 0.29) is 16.0 Å². The number of hydrogen-bond acceptors (Lipinski definition) is 8. The summed E-state index contributed by atoms with van der Waals surface area (Å²) in [5.74, 6) is 1.14. The number of methoxy groups -OCH3 is 1. The molecule has 0 aliphatic heterocycles. The first-order valence-corrected chi connectivity index (χ1v) is 10.1. The number of rotatable bonds is 5. The van der Waals surface area contributed by atoms with Gasteiger partial charge in [0.25, 0.3) is 5.69 Å². The summed E-state index contributed by atoms with van der Waals surface area (Å²) in [6.07, 6.45) is 2.16. The largest absolute Gasteiger partial charge is 0.495 e. The molecule has 4 rings (SSSR count). The van der Waals surface area contributed by atoms with Crippen LogP contribution in [0.3, 0.4) is 0 Å². The number of nitrogens with two attached hydrogens (primary N) is 1. The lowest BCUT2D eigenvalue weighted by Gasteiger charge is -2.35. The third kappa shape index (κ3) is 3.30. The molecule has 0 bridgehead atoms. The maximum absolute atomic E-state index is 11.4. The van der Waals surface area contributed by atoms with Crippen molar-refractivity contribution >= 4 is 29.1 Å². The Bertz CT molecular complexity index is 1150. The van der Waals surface area contributed by atoms with Crippen LogP contribution >= 0.6 is 11.9 Å². The van der Waals surface area contributed by atoms with E-state index in [4.69, 9.17) is 10.5 Å². The van der Waals surface area contributed by atoms with Crippen LogP contribution in [0.25, 0.3) is 11.3 Å². The Balaban J connectivity index is 1.81. The molecule has 0 spiro atoms. The van der Waals surface area contributed by atoms with E-state index in [0.29, 0.717) is 22.9 Å². The van der Waals surface area contributed by atoms with Crippen LogP contribution in [0.5, 0.6) is 5.75 Å². The molecule has 1 aliphatic rings. The molecule has 0 unspecified atom stereocenters.